The number of nitrogens with zero attached hydrogens (tertiary/aromatic N) is 1. The molecule has 4 nitrogen and oxygen atoms in total. The lowest BCUT2D eigenvalue weighted by Gasteiger charge is -2.21. The van der Waals surface area contributed by atoms with E-state index < -0.39 is 0 Å². The topological polar surface area (TPSA) is 46.6 Å². The van der Waals surface area contributed by atoms with E-state index in [4.69, 9.17) is 4.74 Å². The van der Waals surface area contributed by atoms with Crippen molar-refractivity contribution in [3.05, 3.63) is 29.8 Å². The Kier molecular flexibility index (Phi) is 4.69. The van der Waals surface area contributed by atoms with Gasteiger partial charge >= 0.3 is 0 Å². The van der Waals surface area contributed by atoms with Crippen molar-refractivity contribution < 1.29 is 14.3 Å². The van der Waals surface area contributed by atoms with Crippen LogP contribution in [0.25, 0.3) is 0 Å². The predicted molar refractivity (Wildman–Crippen MR) is 65.2 cm³/mol. The Morgan fingerprint density at radius 3 is 2.65 bits per heavy atom. The van der Waals surface area contributed by atoms with Crippen LogP contribution in [0.3, 0.4) is 0 Å². The summed E-state index contributed by atoms with van der Waals surface area (Å²) in [5.74, 6) is 0.328. The highest BCUT2D eigenvalue weighted by atomic mass is 16.5. The molecular formula is C13H17NO3. The van der Waals surface area contributed by atoms with Gasteiger partial charge in [-0.2, -0.15) is 0 Å². The molecule has 0 aliphatic rings. The van der Waals surface area contributed by atoms with Crippen LogP contribution in [0.4, 0.5) is 0 Å². The monoisotopic (exact) mass is 235 g/mol. The molecule has 0 saturated carbocycles. The molecule has 1 aromatic carbocycles. The molecule has 92 valence electrons. The van der Waals surface area contributed by atoms with E-state index in [2.05, 4.69) is 0 Å². The first-order chi connectivity index (χ1) is 8.06. The largest absolute Gasteiger partial charge is 0.483 e. The lowest BCUT2D eigenvalue weighted by atomic mass is 10.2. The van der Waals surface area contributed by atoms with E-state index in [1.165, 1.54) is 0 Å². The van der Waals surface area contributed by atoms with Crippen LogP contribution in [0.1, 0.15) is 24.2 Å². The summed E-state index contributed by atoms with van der Waals surface area (Å²) in [6, 6.07) is 6.97. The fourth-order valence-electron chi connectivity index (χ4n) is 1.24. The number of hydrogen-bond donors (Lipinski definition) is 0. The van der Waals surface area contributed by atoms with Gasteiger partial charge in [0.25, 0.3) is 5.91 Å². The van der Waals surface area contributed by atoms with E-state index in [-0.39, 0.29) is 18.6 Å². The van der Waals surface area contributed by atoms with Gasteiger partial charge in [0.2, 0.25) is 0 Å². The lowest BCUT2D eigenvalue weighted by molar-refractivity contribution is -0.133. The zero-order valence-corrected chi connectivity index (χ0v) is 10.3. The Hall–Kier alpha value is -1.84. The first-order valence-electron chi connectivity index (χ1n) is 5.49. The summed E-state index contributed by atoms with van der Waals surface area (Å²) >= 11 is 0. The highest BCUT2D eigenvalue weighted by Crippen LogP contribution is 2.15. The predicted octanol–water partition coefficient (Wildman–Crippen LogP) is 1.74. The van der Waals surface area contributed by atoms with Gasteiger partial charge in [-0.1, -0.05) is 12.1 Å². The van der Waals surface area contributed by atoms with Crippen molar-refractivity contribution in [3.63, 3.8) is 0 Å². The summed E-state index contributed by atoms with van der Waals surface area (Å²) in [5, 5.41) is 0. The zero-order valence-electron chi connectivity index (χ0n) is 10.3. The Morgan fingerprint density at radius 2 is 2.06 bits per heavy atom. The molecule has 0 N–H and O–H groups in total. The van der Waals surface area contributed by atoms with E-state index in [9.17, 15) is 9.59 Å². The summed E-state index contributed by atoms with van der Waals surface area (Å²) in [7, 11) is 1.72. The molecule has 0 unspecified atom stereocenters. The van der Waals surface area contributed by atoms with E-state index in [1.807, 2.05) is 13.8 Å². The van der Waals surface area contributed by atoms with Crippen molar-refractivity contribution in [2.75, 3.05) is 13.7 Å². The van der Waals surface area contributed by atoms with E-state index in [1.54, 1.807) is 36.2 Å². The number of ether oxygens (including phenoxy) is 1. The number of benzene rings is 1. The third-order valence-corrected chi connectivity index (χ3v) is 2.57. The van der Waals surface area contributed by atoms with Crippen LogP contribution < -0.4 is 4.74 Å². The molecule has 0 bridgehead atoms. The number of aldehydes is 1. The van der Waals surface area contributed by atoms with E-state index >= 15 is 0 Å². The average Bonchev–Trinajstić information content (AvgIpc) is 2.35. The number of carbonyl (C=O) groups is 2. The van der Waals surface area contributed by atoms with Gasteiger partial charge in [0.1, 0.15) is 5.75 Å². The first kappa shape index (κ1) is 13.2. The molecular weight excluding hydrogens is 218 g/mol. The molecule has 1 aromatic rings. The number of rotatable bonds is 5. The van der Waals surface area contributed by atoms with Crippen molar-refractivity contribution in [2.24, 2.45) is 0 Å². The van der Waals surface area contributed by atoms with Crippen LogP contribution >= 0.6 is 0 Å². The fourth-order valence-corrected chi connectivity index (χ4v) is 1.24. The molecule has 0 atom stereocenters. The van der Waals surface area contributed by atoms with Crippen LogP contribution in [0, 0.1) is 0 Å². The second kappa shape index (κ2) is 6.03. The maximum atomic E-state index is 11.7. The van der Waals surface area contributed by atoms with Gasteiger partial charge in [-0.25, -0.2) is 0 Å². The quantitative estimate of drug-likeness (QED) is 0.730. The third-order valence-electron chi connectivity index (χ3n) is 2.57. The molecule has 0 aliphatic heterocycles. The molecule has 0 radical (unpaired) electrons. The van der Waals surface area contributed by atoms with E-state index in [0.29, 0.717) is 17.6 Å². The van der Waals surface area contributed by atoms with E-state index in [0.717, 1.165) is 0 Å². The minimum Gasteiger partial charge on any atom is -0.483 e. The molecule has 0 saturated heterocycles. The van der Waals surface area contributed by atoms with Gasteiger partial charge in [-0.3, -0.25) is 9.59 Å². The Bertz CT molecular complexity index is 401. The van der Waals surface area contributed by atoms with Crippen molar-refractivity contribution in [1.82, 2.24) is 4.90 Å². The second-order valence-electron chi connectivity index (χ2n) is 4.04. The van der Waals surface area contributed by atoms with Crippen LogP contribution in [0.15, 0.2) is 24.3 Å². The van der Waals surface area contributed by atoms with Crippen molar-refractivity contribution in [2.45, 2.75) is 19.9 Å². The normalized spacial score (nSPS) is 10.1. The van der Waals surface area contributed by atoms with Crippen molar-refractivity contribution in [1.29, 1.82) is 0 Å². The summed E-state index contributed by atoms with van der Waals surface area (Å²) in [5.41, 5.74) is 0.451. The third kappa shape index (κ3) is 3.59. The molecule has 0 aliphatic carbocycles. The molecule has 4 heteroatoms. The van der Waals surface area contributed by atoms with Gasteiger partial charge in [0, 0.05) is 13.1 Å². The Balaban J connectivity index is 2.61. The minimum atomic E-state index is -0.110. The number of amides is 1. The van der Waals surface area contributed by atoms with Crippen LogP contribution in [0.2, 0.25) is 0 Å². The van der Waals surface area contributed by atoms with Gasteiger partial charge in [-0.05, 0) is 26.0 Å². The fraction of sp³-hybridized carbons (Fsp3) is 0.385. The maximum absolute atomic E-state index is 11.7. The van der Waals surface area contributed by atoms with Crippen molar-refractivity contribution >= 4 is 12.2 Å². The summed E-state index contributed by atoms with van der Waals surface area (Å²) in [6.45, 7) is 3.80. The summed E-state index contributed by atoms with van der Waals surface area (Å²) in [4.78, 5) is 24.0. The highest BCUT2D eigenvalue weighted by Gasteiger charge is 2.13. The number of hydrogen-bond acceptors (Lipinski definition) is 3. The maximum Gasteiger partial charge on any atom is 0.260 e. The summed E-state index contributed by atoms with van der Waals surface area (Å²) < 4.78 is 5.34. The Labute approximate surface area is 101 Å². The van der Waals surface area contributed by atoms with Gasteiger partial charge in [-0.15, -0.1) is 0 Å². The van der Waals surface area contributed by atoms with Gasteiger partial charge in [0.15, 0.2) is 12.9 Å². The van der Waals surface area contributed by atoms with Gasteiger partial charge in [0.05, 0.1) is 5.56 Å². The number of likely N-dealkylation sites (N-methyl/N-ethyl adjacent to an activating group) is 1. The zero-order chi connectivity index (χ0) is 12.8. The molecule has 0 fully saturated rings. The molecule has 1 rings (SSSR count). The number of carbonyl (C=O) groups excluding carboxylic acids is 2. The van der Waals surface area contributed by atoms with Crippen molar-refractivity contribution in [3.8, 4) is 5.75 Å². The highest BCUT2D eigenvalue weighted by molar-refractivity contribution is 5.80. The lowest BCUT2D eigenvalue weighted by Crippen LogP contribution is -2.36. The van der Waals surface area contributed by atoms with Crippen LogP contribution in [-0.2, 0) is 4.79 Å². The molecule has 0 aromatic heterocycles. The minimum absolute atomic E-state index is 0.0560. The molecule has 0 heterocycles. The summed E-state index contributed by atoms with van der Waals surface area (Å²) in [6.07, 6.45) is 0.714. The standard InChI is InChI=1S/C13H17NO3/c1-10(2)14(3)13(16)9-17-12-7-5-4-6-11(12)8-15/h4-8,10H,9H2,1-3H3. The molecule has 17 heavy (non-hydrogen) atoms. The Morgan fingerprint density at radius 1 is 1.41 bits per heavy atom. The van der Waals surface area contributed by atoms with Crippen LogP contribution in [-0.4, -0.2) is 36.8 Å². The molecule has 1 amide bonds. The second-order valence-corrected chi connectivity index (χ2v) is 4.04. The number of para-hydroxylation sites is 1. The van der Waals surface area contributed by atoms with Crippen LogP contribution in [0.5, 0.6) is 5.75 Å². The SMILES string of the molecule is CC(C)N(C)C(=O)COc1ccccc1C=O. The van der Waals surface area contributed by atoms with Gasteiger partial charge < -0.3 is 9.64 Å². The first-order valence-corrected chi connectivity index (χ1v) is 5.49. The average molecular weight is 235 g/mol. The smallest absolute Gasteiger partial charge is 0.260 e. The molecule has 0 spiro atoms.